The quantitative estimate of drug-likeness (QED) is 0.0838. The molecule has 47 heavy (non-hydrogen) atoms. The molecule has 1 saturated heterocycles. The van der Waals surface area contributed by atoms with E-state index < -0.39 is 24.4 Å². The lowest BCUT2D eigenvalue weighted by molar-refractivity contribution is -0.140. The molecule has 11 nitrogen and oxygen atoms in total. The van der Waals surface area contributed by atoms with Gasteiger partial charge in [-0.15, -0.1) is 0 Å². The highest BCUT2D eigenvalue weighted by atomic mass is 32.2. The van der Waals surface area contributed by atoms with Gasteiger partial charge in [0.2, 0.25) is 0 Å². The fourth-order valence-electron chi connectivity index (χ4n) is 4.88. The maximum Gasteiger partial charge on any atom is 0.346 e. The molecule has 3 rings (SSSR count). The van der Waals surface area contributed by atoms with Gasteiger partial charge in [0.1, 0.15) is 34.0 Å². The van der Waals surface area contributed by atoms with Crippen molar-refractivity contribution in [1.82, 2.24) is 4.90 Å². The summed E-state index contributed by atoms with van der Waals surface area (Å²) in [5.41, 5.74) is 2.69. The highest BCUT2D eigenvalue weighted by Crippen LogP contribution is 2.35. The number of hydrogen-bond donors (Lipinski definition) is 2. The Kier molecular flexibility index (Phi) is 14.1. The average molecular weight is 681 g/mol. The van der Waals surface area contributed by atoms with E-state index in [0.717, 1.165) is 54.2 Å². The zero-order valence-electron chi connectivity index (χ0n) is 27.0. The van der Waals surface area contributed by atoms with Crippen LogP contribution in [0.15, 0.2) is 46.9 Å². The van der Waals surface area contributed by atoms with Crippen LogP contribution in [0.4, 0.5) is 11.4 Å². The lowest BCUT2D eigenvalue weighted by atomic mass is 10.1. The van der Waals surface area contributed by atoms with E-state index in [9.17, 15) is 24.8 Å². The summed E-state index contributed by atoms with van der Waals surface area (Å²) in [5, 5.41) is 27.8. The fourth-order valence-corrected chi connectivity index (χ4v) is 6.13. The molecule has 2 aromatic carbocycles. The van der Waals surface area contributed by atoms with Crippen molar-refractivity contribution in [2.75, 3.05) is 55.7 Å². The molecule has 1 heterocycles. The second-order valence-electron chi connectivity index (χ2n) is 10.3. The second-order valence-corrected chi connectivity index (χ2v) is 12.0. The third-order valence-corrected chi connectivity index (χ3v) is 8.79. The molecular weight excluding hydrogens is 641 g/mol. The molecule has 0 bridgehead atoms. The number of thioether (sulfide) groups is 1. The van der Waals surface area contributed by atoms with E-state index in [4.69, 9.17) is 26.8 Å². The van der Waals surface area contributed by atoms with Crippen LogP contribution >= 0.6 is 24.0 Å². The number of nitriles is 1. The number of carbonyl (C=O) groups excluding carboxylic acids is 1. The summed E-state index contributed by atoms with van der Waals surface area (Å²) in [6, 6.07) is 13.0. The minimum atomic E-state index is -1.31. The van der Waals surface area contributed by atoms with Gasteiger partial charge in [-0.05, 0) is 77.0 Å². The predicted octanol–water partition coefficient (Wildman–Crippen LogP) is 5.89. The largest absolute Gasteiger partial charge is 0.493 e. The average Bonchev–Trinajstić information content (AvgIpc) is 3.30. The van der Waals surface area contributed by atoms with Crippen molar-refractivity contribution in [2.24, 2.45) is 0 Å². The number of anilines is 2. The molecule has 0 unspecified atom stereocenters. The number of ether oxygens (including phenoxy) is 2. The van der Waals surface area contributed by atoms with Gasteiger partial charge < -0.3 is 29.5 Å². The molecule has 13 heteroatoms. The molecule has 1 aliphatic rings. The summed E-state index contributed by atoms with van der Waals surface area (Å²) in [5.74, 6) is -1.84. The van der Waals surface area contributed by atoms with Crippen LogP contribution < -0.4 is 19.3 Å². The van der Waals surface area contributed by atoms with Crippen LogP contribution in [0.3, 0.4) is 0 Å². The van der Waals surface area contributed by atoms with Gasteiger partial charge in [0.25, 0.3) is 5.91 Å². The Labute approximate surface area is 285 Å². The van der Waals surface area contributed by atoms with E-state index in [0.29, 0.717) is 53.6 Å². The zero-order chi connectivity index (χ0) is 34.5. The van der Waals surface area contributed by atoms with Gasteiger partial charge in [-0.3, -0.25) is 14.5 Å². The van der Waals surface area contributed by atoms with Crippen LogP contribution in [-0.4, -0.2) is 83.2 Å². The molecule has 0 aromatic heterocycles. The van der Waals surface area contributed by atoms with Crippen molar-refractivity contribution < 1.29 is 34.1 Å². The number of hydrogen-bond acceptors (Lipinski definition) is 10. The Hall–Kier alpha value is -4.54. The Morgan fingerprint density at radius 1 is 0.915 bits per heavy atom. The molecule has 0 spiro atoms. The number of amides is 1. The summed E-state index contributed by atoms with van der Waals surface area (Å²) < 4.78 is 12.5. The van der Waals surface area contributed by atoms with Crippen LogP contribution in [0.5, 0.6) is 11.5 Å². The number of rotatable bonds is 18. The topological polar surface area (TPSA) is 144 Å². The van der Waals surface area contributed by atoms with E-state index in [1.807, 2.05) is 44.2 Å². The van der Waals surface area contributed by atoms with Crippen molar-refractivity contribution in [3.05, 3.63) is 58.0 Å². The Bertz CT molecular complexity index is 1580. The van der Waals surface area contributed by atoms with E-state index in [1.165, 1.54) is 6.08 Å². The summed E-state index contributed by atoms with van der Waals surface area (Å²) in [7, 11) is 0. The van der Waals surface area contributed by atoms with Crippen molar-refractivity contribution in [3.63, 3.8) is 0 Å². The molecule has 0 radical (unpaired) electrons. The first kappa shape index (κ1) is 36.9. The summed E-state index contributed by atoms with van der Waals surface area (Å²) in [6.07, 6.45) is 4.25. The summed E-state index contributed by atoms with van der Waals surface area (Å²) in [6.45, 7) is 11.6. The molecule has 250 valence electrons. The minimum absolute atomic E-state index is 0.193. The van der Waals surface area contributed by atoms with Crippen molar-refractivity contribution in [1.29, 1.82) is 5.26 Å². The molecule has 0 saturated carbocycles. The van der Waals surface area contributed by atoms with Gasteiger partial charge in [0.05, 0.1) is 18.1 Å². The molecule has 1 amide bonds. The Morgan fingerprint density at radius 3 is 1.89 bits per heavy atom. The van der Waals surface area contributed by atoms with Crippen molar-refractivity contribution in [3.8, 4) is 17.6 Å². The number of aliphatic carboxylic acids is 2. The highest BCUT2D eigenvalue weighted by molar-refractivity contribution is 8.26. The molecule has 2 N–H and O–H groups in total. The standard InChI is InChI=1S/C34H40N4O7S2/c1-5-36(6-2)26-13-11-23(17-25(21-35)33(42)43)28(19-26)44-15-9-10-16-45-29-20-27(37(7-3)8-4)14-12-24(29)18-30-32(41)38(22-31(39)40)34(46)47-30/h11-14,17-20H,5-10,15-16,22H2,1-4H3,(H,39,40)(H,42,43)/b25-17+,30-18+. The molecule has 1 fully saturated rings. The van der Waals surface area contributed by atoms with Gasteiger partial charge in [0.15, 0.2) is 0 Å². The number of thiocarbonyl (C=S) groups is 1. The molecule has 0 atom stereocenters. The smallest absolute Gasteiger partial charge is 0.346 e. The van der Waals surface area contributed by atoms with E-state index >= 15 is 0 Å². The van der Waals surface area contributed by atoms with Crippen LogP contribution in [0.1, 0.15) is 51.7 Å². The predicted molar refractivity (Wildman–Crippen MR) is 189 cm³/mol. The molecule has 1 aliphatic heterocycles. The first-order valence-corrected chi connectivity index (χ1v) is 16.6. The summed E-state index contributed by atoms with van der Waals surface area (Å²) >= 11 is 6.30. The van der Waals surface area contributed by atoms with Gasteiger partial charge in [-0.25, -0.2) is 4.79 Å². The van der Waals surface area contributed by atoms with Crippen molar-refractivity contribution >= 4 is 69.7 Å². The third kappa shape index (κ3) is 9.97. The van der Waals surface area contributed by atoms with Crippen molar-refractivity contribution in [2.45, 2.75) is 40.5 Å². The van der Waals surface area contributed by atoms with E-state index in [-0.39, 0.29) is 9.89 Å². The van der Waals surface area contributed by atoms with Gasteiger partial charge in [-0.1, -0.05) is 24.0 Å². The SMILES string of the molecule is CCN(CC)c1ccc(/C=C(\C#N)C(=O)O)c(OCCCCOc2cc(N(CC)CC)ccc2/C=C2/SC(=S)N(CC(=O)O)C2=O)c1. The molecule has 0 aliphatic carbocycles. The van der Waals surface area contributed by atoms with Crippen LogP contribution in [0.25, 0.3) is 12.2 Å². The Balaban J connectivity index is 1.75. The molecule has 2 aromatic rings. The maximum absolute atomic E-state index is 12.9. The normalized spacial score (nSPS) is 13.9. The summed E-state index contributed by atoms with van der Waals surface area (Å²) in [4.78, 5) is 41.3. The number of benzene rings is 2. The first-order valence-electron chi connectivity index (χ1n) is 15.4. The number of unbranched alkanes of at least 4 members (excludes halogenated alkanes) is 1. The lowest BCUT2D eigenvalue weighted by Crippen LogP contribution is -2.33. The number of carboxylic acid groups (broad SMARTS) is 2. The van der Waals surface area contributed by atoms with Gasteiger partial charge in [-0.2, -0.15) is 5.26 Å². The zero-order valence-corrected chi connectivity index (χ0v) is 28.7. The Morgan fingerprint density at radius 2 is 1.43 bits per heavy atom. The third-order valence-electron chi connectivity index (χ3n) is 7.41. The second kappa shape index (κ2) is 18.0. The number of carbonyl (C=O) groups is 3. The van der Waals surface area contributed by atoms with Gasteiger partial charge >= 0.3 is 11.9 Å². The van der Waals surface area contributed by atoms with E-state index in [2.05, 4.69) is 23.6 Å². The first-order chi connectivity index (χ1) is 22.6. The minimum Gasteiger partial charge on any atom is -0.493 e. The fraction of sp³-hybridized carbons (Fsp3) is 0.382. The number of nitrogens with zero attached hydrogens (tertiary/aromatic N) is 4. The number of carboxylic acids is 2. The highest BCUT2D eigenvalue weighted by Gasteiger charge is 2.33. The monoisotopic (exact) mass is 680 g/mol. The van der Waals surface area contributed by atoms with E-state index in [1.54, 1.807) is 18.2 Å². The van der Waals surface area contributed by atoms with Gasteiger partial charge in [0, 0.05) is 60.8 Å². The van der Waals surface area contributed by atoms with Crippen LogP contribution in [-0.2, 0) is 14.4 Å². The van der Waals surface area contributed by atoms with Crippen LogP contribution in [0.2, 0.25) is 0 Å². The molecular formula is C34H40N4O7S2. The maximum atomic E-state index is 12.9. The van der Waals surface area contributed by atoms with Crippen LogP contribution in [0, 0.1) is 11.3 Å². The lowest BCUT2D eigenvalue weighted by Gasteiger charge is -2.23.